The second kappa shape index (κ2) is 4.85. The summed E-state index contributed by atoms with van der Waals surface area (Å²) >= 11 is 0. The fourth-order valence-electron chi connectivity index (χ4n) is 2.45. The first-order valence-corrected chi connectivity index (χ1v) is 6.28. The lowest BCUT2D eigenvalue weighted by Gasteiger charge is -2.20. The summed E-state index contributed by atoms with van der Waals surface area (Å²) in [5.41, 5.74) is 1.79. The van der Waals surface area contributed by atoms with Crippen molar-refractivity contribution in [2.45, 2.75) is 6.42 Å². The van der Waals surface area contributed by atoms with E-state index in [1.807, 2.05) is 35.0 Å². The third-order valence-electron chi connectivity index (χ3n) is 3.42. The number of rotatable bonds is 3. The molecule has 98 valence electrons. The van der Waals surface area contributed by atoms with Gasteiger partial charge in [0.05, 0.1) is 17.7 Å². The van der Waals surface area contributed by atoms with Crippen molar-refractivity contribution >= 4 is 11.6 Å². The fourth-order valence-corrected chi connectivity index (χ4v) is 2.45. The maximum atomic E-state index is 12.1. The number of imidazole rings is 1. The van der Waals surface area contributed by atoms with Gasteiger partial charge >= 0.3 is 0 Å². The number of aliphatic hydroxyl groups excluding tert-OH is 1. The van der Waals surface area contributed by atoms with E-state index >= 15 is 0 Å². The van der Waals surface area contributed by atoms with Crippen molar-refractivity contribution in [1.29, 1.82) is 0 Å². The lowest BCUT2D eigenvalue weighted by molar-refractivity contribution is -0.117. The molecule has 0 aliphatic carbocycles. The Morgan fingerprint density at radius 3 is 2.74 bits per heavy atom. The van der Waals surface area contributed by atoms with E-state index in [4.69, 9.17) is 0 Å². The van der Waals surface area contributed by atoms with Crippen molar-refractivity contribution in [3.8, 4) is 5.69 Å². The molecule has 0 spiro atoms. The average molecular weight is 257 g/mol. The summed E-state index contributed by atoms with van der Waals surface area (Å²) in [4.78, 5) is 17.8. The van der Waals surface area contributed by atoms with E-state index in [2.05, 4.69) is 4.98 Å². The minimum Gasteiger partial charge on any atom is -0.396 e. The van der Waals surface area contributed by atoms with E-state index in [1.165, 1.54) is 0 Å². The van der Waals surface area contributed by atoms with Crippen LogP contribution in [-0.4, -0.2) is 33.7 Å². The van der Waals surface area contributed by atoms with Crippen LogP contribution in [0.1, 0.15) is 6.42 Å². The van der Waals surface area contributed by atoms with E-state index in [1.54, 1.807) is 17.4 Å². The van der Waals surface area contributed by atoms with Crippen molar-refractivity contribution < 1.29 is 9.90 Å². The minimum atomic E-state index is 0.0309. The van der Waals surface area contributed by atoms with Gasteiger partial charge in [0.25, 0.3) is 0 Å². The van der Waals surface area contributed by atoms with Crippen molar-refractivity contribution in [3.05, 3.63) is 43.0 Å². The topological polar surface area (TPSA) is 58.4 Å². The zero-order valence-electron chi connectivity index (χ0n) is 10.4. The maximum absolute atomic E-state index is 12.1. The van der Waals surface area contributed by atoms with Gasteiger partial charge in [0.2, 0.25) is 5.91 Å². The molecule has 1 aromatic heterocycles. The van der Waals surface area contributed by atoms with E-state index in [9.17, 15) is 9.90 Å². The van der Waals surface area contributed by atoms with Crippen LogP contribution in [0.25, 0.3) is 5.69 Å². The molecule has 1 saturated heterocycles. The summed E-state index contributed by atoms with van der Waals surface area (Å²) in [5.74, 6) is 0.0926. The molecule has 1 aromatic carbocycles. The Bertz CT molecular complexity index is 580. The summed E-state index contributed by atoms with van der Waals surface area (Å²) < 4.78 is 1.88. The lowest BCUT2D eigenvalue weighted by atomic mass is 10.1. The number of hydrogen-bond acceptors (Lipinski definition) is 3. The second-order valence-electron chi connectivity index (χ2n) is 4.72. The molecule has 19 heavy (non-hydrogen) atoms. The molecule has 0 saturated carbocycles. The Hall–Kier alpha value is -2.14. The number of nitrogens with zero attached hydrogens (tertiary/aromatic N) is 3. The molecule has 0 bridgehead atoms. The second-order valence-corrected chi connectivity index (χ2v) is 4.72. The first-order valence-electron chi connectivity index (χ1n) is 6.28. The van der Waals surface area contributed by atoms with Gasteiger partial charge in [-0.3, -0.25) is 4.79 Å². The molecule has 1 unspecified atom stereocenters. The highest BCUT2D eigenvalue weighted by Crippen LogP contribution is 2.29. The van der Waals surface area contributed by atoms with Gasteiger partial charge in [0.1, 0.15) is 0 Å². The van der Waals surface area contributed by atoms with Gasteiger partial charge in [-0.05, 0) is 12.1 Å². The number of carbonyl (C=O) groups is 1. The maximum Gasteiger partial charge on any atom is 0.227 e. The zero-order chi connectivity index (χ0) is 13.2. The molecule has 1 fully saturated rings. The first-order chi connectivity index (χ1) is 9.29. The summed E-state index contributed by atoms with van der Waals surface area (Å²) in [6.07, 6.45) is 5.68. The molecule has 1 atom stereocenters. The fraction of sp³-hybridized carbons (Fsp3) is 0.286. The Kier molecular flexibility index (Phi) is 3.05. The van der Waals surface area contributed by atoms with Gasteiger partial charge in [0, 0.05) is 37.9 Å². The van der Waals surface area contributed by atoms with Crippen LogP contribution in [0.15, 0.2) is 43.0 Å². The SMILES string of the molecule is O=C1CC(CO)CN1c1ccccc1-n1ccnc1. The normalized spacial score (nSPS) is 19.1. The molecule has 5 heteroatoms. The summed E-state index contributed by atoms with van der Waals surface area (Å²) in [6.45, 7) is 0.622. The molecule has 5 nitrogen and oxygen atoms in total. The van der Waals surface area contributed by atoms with E-state index < -0.39 is 0 Å². The predicted octanol–water partition coefficient (Wildman–Crippen LogP) is 1.22. The molecule has 1 N–H and O–H groups in total. The Balaban J connectivity index is 2.00. The molecular formula is C14H15N3O2. The van der Waals surface area contributed by atoms with Gasteiger partial charge in [-0.2, -0.15) is 0 Å². The smallest absolute Gasteiger partial charge is 0.227 e. The highest BCUT2D eigenvalue weighted by molar-refractivity contribution is 5.97. The van der Waals surface area contributed by atoms with Crippen LogP contribution in [0.2, 0.25) is 0 Å². The first kappa shape index (κ1) is 11.9. The van der Waals surface area contributed by atoms with Crippen LogP contribution in [0.4, 0.5) is 5.69 Å². The molecule has 0 radical (unpaired) electrons. The van der Waals surface area contributed by atoms with Gasteiger partial charge < -0.3 is 14.6 Å². The average Bonchev–Trinajstić information content (AvgIpc) is 3.08. The number of aromatic nitrogens is 2. The van der Waals surface area contributed by atoms with Crippen molar-refractivity contribution in [2.75, 3.05) is 18.1 Å². The number of aliphatic hydroxyl groups is 1. The number of anilines is 1. The predicted molar refractivity (Wildman–Crippen MR) is 71.1 cm³/mol. The van der Waals surface area contributed by atoms with Crippen LogP contribution in [0.3, 0.4) is 0 Å². The summed E-state index contributed by atoms with van der Waals surface area (Å²) in [6, 6.07) is 7.72. The molecule has 1 aliphatic heterocycles. The zero-order valence-corrected chi connectivity index (χ0v) is 10.4. The Morgan fingerprint density at radius 2 is 2.11 bits per heavy atom. The number of benzene rings is 1. The Labute approximate surface area is 111 Å². The van der Waals surface area contributed by atoms with Crippen LogP contribution in [0.5, 0.6) is 0 Å². The van der Waals surface area contributed by atoms with Crippen molar-refractivity contribution in [1.82, 2.24) is 9.55 Å². The molecule has 1 aliphatic rings. The summed E-state index contributed by atoms with van der Waals surface area (Å²) in [5, 5.41) is 9.21. The van der Waals surface area contributed by atoms with Gasteiger partial charge in [0.15, 0.2) is 0 Å². The van der Waals surface area contributed by atoms with Crippen LogP contribution < -0.4 is 4.90 Å². The van der Waals surface area contributed by atoms with E-state index in [0.717, 1.165) is 11.4 Å². The van der Waals surface area contributed by atoms with Crippen LogP contribution in [-0.2, 0) is 4.79 Å². The standard InChI is InChI=1S/C14H15N3O2/c18-9-11-7-14(19)17(8-11)13-4-2-1-3-12(13)16-6-5-15-10-16/h1-6,10-11,18H,7-9H2. The number of hydrogen-bond donors (Lipinski definition) is 1. The summed E-state index contributed by atoms with van der Waals surface area (Å²) in [7, 11) is 0. The third-order valence-corrected chi connectivity index (χ3v) is 3.42. The molecule has 2 aromatic rings. The van der Waals surface area contributed by atoms with Crippen molar-refractivity contribution in [3.63, 3.8) is 0 Å². The van der Waals surface area contributed by atoms with E-state index in [0.29, 0.717) is 13.0 Å². The quantitative estimate of drug-likeness (QED) is 0.899. The largest absolute Gasteiger partial charge is 0.396 e. The van der Waals surface area contributed by atoms with Crippen LogP contribution in [0, 0.1) is 5.92 Å². The van der Waals surface area contributed by atoms with Gasteiger partial charge in [-0.1, -0.05) is 12.1 Å². The molecule has 1 amide bonds. The minimum absolute atomic E-state index is 0.0309. The highest BCUT2D eigenvalue weighted by Gasteiger charge is 2.31. The number of para-hydroxylation sites is 2. The van der Waals surface area contributed by atoms with Gasteiger partial charge in [-0.15, -0.1) is 0 Å². The number of carbonyl (C=O) groups excluding carboxylic acids is 1. The third kappa shape index (κ3) is 2.13. The number of amides is 1. The molecule has 3 rings (SSSR count). The van der Waals surface area contributed by atoms with E-state index in [-0.39, 0.29) is 18.4 Å². The Morgan fingerprint density at radius 1 is 1.32 bits per heavy atom. The van der Waals surface area contributed by atoms with Crippen molar-refractivity contribution in [2.24, 2.45) is 5.92 Å². The van der Waals surface area contributed by atoms with Gasteiger partial charge in [-0.25, -0.2) is 4.98 Å². The molecule has 2 heterocycles. The highest BCUT2D eigenvalue weighted by atomic mass is 16.3. The monoisotopic (exact) mass is 257 g/mol. The lowest BCUT2D eigenvalue weighted by Crippen LogP contribution is -2.26. The molecular weight excluding hydrogens is 242 g/mol. The van der Waals surface area contributed by atoms with Crippen LogP contribution >= 0.6 is 0 Å².